The zero-order valence-corrected chi connectivity index (χ0v) is 12.9. The van der Waals surface area contributed by atoms with E-state index in [4.69, 9.17) is 4.74 Å². The fourth-order valence-corrected chi connectivity index (χ4v) is 2.87. The van der Waals surface area contributed by atoms with Crippen LogP contribution in [-0.2, 0) is 11.2 Å². The van der Waals surface area contributed by atoms with Crippen LogP contribution in [0.3, 0.4) is 0 Å². The molecule has 1 aromatic rings. The molecular weight excluding hydrogens is 266 g/mol. The molecule has 1 amide bonds. The van der Waals surface area contributed by atoms with E-state index in [1.54, 1.807) is 7.11 Å². The standard InChI is InChI=1S/C17H25NO3/c1-13-6-7-14(10-15(13)21-2)11-16(19)18-12-17(20)8-4-3-5-9-17/h6-7,10,20H,3-5,8-9,11-12H2,1-2H3,(H,18,19). The highest BCUT2D eigenvalue weighted by Gasteiger charge is 2.29. The van der Waals surface area contributed by atoms with E-state index in [1.807, 2.05) is 25.1 Å². The normalized spacial score (nSPS) is 17.3. The number of ether oxygens (including phenoxy) is 1. The Morgan fingerprint density at radius 3 is 2.71 bits per heavy atom. The van der Waals surface area contributed by atoms with Crippen molar-refractivity contribution in [2.45, 2.75) is 51.0 Å². The molecule has 0 aliphatic heterocycles. The Morgan fingerprint density at radius 1 is 1.33 bits per heavy atom. The number of hydrogen-bond donors (Lipinski definition) is 2. The monoisotopic (exact) mass is 291 g/mol. The molecule has 4 heteroatoms. The van der Waals surface area contributed by atoms with E-state index >= 15 is 0 Å². The summed E-state index contributed by atoms with van der Waals surface area (Å²) in [6.45, 7) is 2.33. The zero-order chi connectivity index (χ0) is 15.3. The van der Waals surface area contributed by atoms with Gasteiger partial charge in [0.15, 0.2) is 0 Å². The van der Waals surface area contributed by atoms with Crippen LogP contribution in [-0.4, -0.2) is 30.3 Å². The van der Waals surface area contributed by atoms with E-state index in [-0.39, 0.29) is 5.91 Å². The molecule has 2 rings (SSSR count). The zero-order valence-electron chi connectivity index (χ0n) is 12.9. The summed E-state index contributed by atoms with van der Waals surface area (Å²) in [4.78, 5) is 12.0. The Hall–Kier alpha value is -1.55. The highest BCUT2D eigenvalue weighted by molar-refractivity contribution is 5.78. The van der Waals surface area contributed by atoms with Crippen LogP contribution in [0.2, 0.25) is 0 Å². The van der Waals surface area contributed by atoms with Gasteiger partial charge >= 0.3 is 0 Å². The van der Waals surface area contributed by atoms with Crippen LogP contribution in [0.1, 0.15) is 43.2 Å². The third-order valence-corrected chi connectivity index (χ3v) is 4.24. The average molecular weight is 291 g/mol. The number of carbonyl (C=O) groups excluding carboxylic acids is 1. The molecule has 0 saturated heterocycles. The lowest BCUT2D eigenvalue weighted by Crippen LogP contribution is -2.44. The van der Waals surface area contributed by atoms with Gasteiger partial charge in [-0.1, -0.05) is 31.4 Å². The first-order chi connectivity index (χ1) is 10.0. The van der Waals surface area contributed by atoms with Crippen LogP contribution in [0.4, 0.5) is 0 Å². The lowest BCUT2D eigenvalue weighted by Gasteiger charge is -2.32. The van der Waals surface area contributed by atoms with E-state index < -0.39 is 5.60 Å². The van der Waals surface area contributed by atoms with Gasteiger partial charge in [-0.25, -0.2) is 0 Å². The summed E-state index contributed by atoms with van der Waals surface area (Å²) in [5.41, 5.74) is 1.27. The molecule has 0 radical (unpaired) electrons. The van der Waals surface area contributed by atoms with Gasteiger partial charge in [0.2, 0.25) is 5.91 Å². The topological polar surface area (TPSA) is 58.6 Å². The molecule has 21 heavy (non-hydrogen) atoms. The van der Waals surface area contributed by atoms with Crippen molar-refractivity contribution >= 4 is 5.91 Å². The highest BCUT2D eigenvalue weighted by atomic mass is 16.5. The molecule has 116 valence electrons. The van der Waals surface area contributed by atoms with Gasteiger partial charge in [-0.2, -0.15) is 0 Å². The van der Waals surface area contributed by atoms with E-state index in [1.165, 1.54) is 6.42 Å². The molecule has 4 nitrogen and oxygen atoms in total. The van der Waals surface area contributed by atoms with Gasteiger partial charge in [0, 0.05) is 6.54 Å². The summed E-state index contributed by atoms with van der Waals surface area (Å²) in [7, 11) is 1.63. The van der Waals surface area contributed by atoms with Crippen molar-refractivity contribution in [2.24, 2.45) is 0 Å². The summed E-state index contributed by atoms with van der Waals surface area (Å²) in [6.07, 6.45) is 5.15. The fourth-order valence-electron chi connectivity index (χ4n) is 2.87. The van der Waals surface area contributed by atoms with Crippen LogP contribution in [0.5, 0.6) is 5.75 Å². The molecule has 0 unspecified atom stereocenters. The molecule has 0 bridgehead atoms. The predicted octanol–water partition coefficient (Wildman–Crippen LogP) is 2.36. The van der Waals surface area contributed by atoms with Gasteiger partial charge in [0.05, 0.1) is 19.1 Å². The van der Waals surface area contributed by atoms with Crippen LogP contribution in [0.15, 0.2) is 18.2 Å². The number of methoxy groups -OCH3 is 1. The van der Waals surface area contributed by atoms with Crippen molar-refractivity contribution in [1.82, 2.24) is 5.32 Å². The van der Waals surface area contributed by atoms with Crippen molar-refractivity contribution in [3.63, 3.8) is 0 Å². The maximum atomic E-state index is 12.0. The number of hydrogen-bond acceptors (Lipinski definition) is 3. The molecule has 2 N–H and O–H groups in total. The fraction of sp³-hybridized carbons (Fsp3) is 0.588. The number of aryl methyl sites for hydroxylation is 1. The summed E-state index contributed by atoms with van der Waals surface area (Å²) in [5.74, 6) is 0.742. The minimum Gasteiger partial charge on any atom is -0.496 e. The summed E-state index contributed by atoms with van der Waals surface area (Å²) < 4.78 is 5.27. The summed E-state index contributed by atoms with van der Waals surface area (Å²) >= 11 is 0. The molecular formula is C17H25NO3. The third-order valence-electron chi connectivity index (χ3n) is 4.24. The summed E-state index contributed by atoms with van der Waals surface area (Å²) in [5, 5.41) is 13.2. The Labute approximate surface area is 126 Å². The van der Waals surface area contributed by atoms with Gasteiger partial charge in [-0.05, 0) is 37.0 Å². The van der Waals surface area contributed by atoms with Gasteiger partial charge < -0.3 is 15.2 Å². The lowest BCUT2D eigenvalue weighted by atomic mass is 9.85. The lowest BCUT2D eigenvalue weighted by molar-refractivity contribution is -0.122. The molecule has 1 fully saturated rings. The van der Waals surface area contributed by atoms with Gasteiger partial charge in [0.25, 0.3) is 0 Å². The van der Waals surface area contributed by atoms with Gasteiger partial charge in [-0.3, -0.25) is 4.79 Å². The van der Waals surface area contributed by atoms with Crippen LogP contribution < -0.4 is 10.1 Å². The molecule has 1 aliphatic carbocycles. The van der Waals surface area contributed by atoms with E-state index in [2.05, 4.69) is 5.32 Å². The predicted molar refractivity (Wildman–Crippen MR) is 82.5 cm³/mol. The highest BCUT2D eigenvalue weighted by Crippen LogP contribution is 2.27. The SMILES string of the molecule is COc1cc(CC(=O)NCC2(O)CCCCC2)ccc1C. The first-order valence-electron chi connectivity index (χ1n) is 7.65. The molecule has 0 atom stereocenters. The van der Waals surface area contributed by atoms with Crippen molar-refractivity contribution in [3.8, 4) is 5.75 Å². The number of nitrogens with one attached hydrogen (secondary N) is 1. The second kappa shape index (κ2) is 6.94. The Balaban J connectivity index is 1.87. The second-order valence-corrected chi connectivity index (χ2v) is 6.04. The minimum atomic E-state index is -0.709. The van der Waals surface area contributed by atoms with Crippen LogP contribution in [0, 0.1) is 6.92 Å². The molecule has 0 heterocycles. The van der Waals surface area contributed by atoms with Gasteiger partial charge in [-0.15, -0.1) is 0 Å². The average Bonchev–Trinajstić information content (AvgIpc) is 2.48. The van der Waals surface area contributed by atoms with Crippen LogP contribution >= 0.6 is 0 Å². The van der Waals surface area contributed by atoms with E-state index in [9.17, 15) is 9.90 Å². The first-order valence-corrected chi connectivity index (χ1v) is 7.65. The van der Waals surface area contributed by atoms with Crippen LogP contribution in [0.25, 0.3) is 0 Å². The van der Waals surface area contributed by atoms with Gasteiger partial charge in [0.1, 0.15) is 5.75 Å². The Morgan fingerprint density at radius 2 is 2.05 bits per heavy atom. The first kappa shape index (κ1) is 15.8. The molecule has 0 aromatic heterocycles. The molecule has 1 saturated carbocycles. The second-order valence-electron chi connectivity index (χ2n) is 6.04. The number of amides is 1. The quantitative estimate of drug-likeness (QED) is 0.875. The van der Waals surface area contributed by atoms with E-state index in [0.29, 0.717) is 13.0 Å². The number of benzene rings is 1. The third kappa shape index (κ3) is 4.46. The molecule has 0 spiro atoms. The number of rotatable bonds is 5. The Bertz CT molecular complexity index is 493. The van der Waals surface area contributed by atoms with Crippen molar-refractivity contribution in [3.05, 3.63) is 29.3 Å². The maximum Gasteiger partial charge on any atom is 0.224 e. The van der Waals surface area contributed by atoms with Crippen molar-refractivity contribution < 1.29 is 14.6 Å². The largest absolute Gasteiger partial charge is 0.496 e. The smallest absolute Gasteiger partial charge is 0.224 e. The summed E-state index contributed by atoms with van der Waals surface area (Å²) in [6, 6.07) is 5.78. The van der Waals surface area contributed by atoms with E-state index in [0.717, 1.165) is 42.6 Å². The molecule has 1 aliphatic rings. The minimum absolute atomic E-state index is 0.0556. The number of carbonyl (C=O) groups is 1. The van der Waals surface area contributed by atoms with Crippen molar-refractivity contribution in [1.29, 1.82) is 0 Å². The van der Waals surface area contributed by atoms with Crippen molar-refractivity contribution in [2.75, 3.05) is 13.7 Å². The number of aliphatic hydroxyl groups is 1. The molecule has 1 aromatic carbocycles. The maximum absolute atomic E-state index is 12.0. The Kier molecular flexibility index (Phi) is 5.23.